The van der Waals surface area contributed by atoms with Gasteiger partial charge in [0.2, 0.25) is 5.89 Å². The van der Waals surface area contributed by atoms with Crippen LogP contribution in [-0.2, 0) is 17.9 Å². The first-order chi connectivity index (χ1) is 10.1. The lowest BCUT2D eigenvalue weighted by atomic mass is 10.2. The van der Waals surface area contributed by atoms with Crippen LogP contribution < -0.4 is 5.32 Å². The van der Waals surface area contributed by atoms with Crippen molar-refractivity contribution in [2.75, 3.05) is 13.2 Å². The van der Waals surface area contributed by atoms with Gasteiger partial charge in [-0.1, -0.05) is 29.8 Å². The van der Waals surface area contributed by atoms with Gasteiger partial charge in [-0.2, -0.15) is 0 Å². The second-order valence-corrected chi connectivity index (χ2v) is 5.16. The Morgan fingerprint density at radius 2 is 2.24 bits per heavy atom. The van der Waals surface area contributed by atoms with Gasteiger partial charge >= 0.3 is 0 Å². The Morgan fingerprint density at radius 3 is 2.95 bits per heavy atom. The summed E-state index contributed by atoms with van der Waals surface area (Å²) in [7, 11) is 0. The molecule has 2 N–H and O–H groups in total. The molecule has 1 aromatic heterocycles. The molecule has 114 valence electrons. The second-order valence-electron chi connectivity index (χ2n) is 4.76. The van der Waals surface area contributed by atoms with Gasteiger partial charge in [0.1, 0.15) is 5.76 Å². The molecule has 0 saturated heterocycles. The smallest absolute Gasteiger partial charge is 0.208 e. The van der Waals surface area contributed by atoms with Gasteiger partial charge < -0.3 is 19.6 Å². The highest BCUT2D eigenvalue weighted by molar-refractivity contribution is 6.31. The normalized spacial score (nSPS) is 12.5. The molecule has 1 aromatic carbocycles. The largest absolute Gasteiger partial charge is 0.445 e. The number of benzene rings is 1. The van der Waals surface area contributed by atoms with E-state index in [1.807, 2.05) is 31.2 Å². The molecule has 1 heterocycles. The summed E-state index contributed by atoms with van der Waals surface area (Å²) in [6.45, 7) is 3.35. The molecule has 1 atom stereocenters. The third-order valence-electron chi connectivity index (χ3n) is 2.85. The minimum Gasteiger partial charge on any atom is -0.445 e. The molecule has 2 aromatic rings. The van der Waals surface area contributed by atoms with Gasteiger partial charge in [-0.15, -0.1) is 0 Å². The highest BCUT2D eigenvalue weighted by Crippen LogP contribution is 2.15. The molecule has 0 radical (unpaired) electrons. The Kier molecular flexibility index (Phi) is 6.20. The zero-order valence-corrected chi connectivity index (χ0v) is 12.6. The molecule has 6 heteroatoms. The molecule has 0 bridgehead atoms. The molecule has 0 spiro atoms. The quantitative estimate of drug-likeness (QED) is 0.783. The summed E-state index contributed by atoms with van der Waals surface area (Å²) in [5, 5.41) is 13.5. The highest BCUT2D eigenvalue weighted by atomic mass is 35.5. The van der Waals surface area contributed by atoms with Crippen molar-refractivity contribution in [1.82, 2.24) is 10.3 Å². The number of nitrogens with one attached hydrogen (secondary N) is 1. The summed E-state index contributed by atoms with van der Waals surface area (Å²) in [6.07, 6.45) is 1.07. The van der Waals surface area contributed by atoms with Crippen LogP contribution in [0.1, 0.15) is 17.2 Å². The second kappa shape index (κ2) is 8.14. The van der Waals surface area contributed by atoms with E-state index in [1.54, 1.807) is 6.20 Å². The number of rotatable bonds is 8. The molecule has 0 aliphatic rings. The molecule has 0 aliphatic heterocycles. The maximum atomic E-state index is 9.81. The van der Waals surface area contributed by atoms with Crippen LogP contribution >= 0.6 is 11.6 Å². The Balaban J connectivity index is 1.61. The minimum absolute atomic E-state index is 0.239. The van der Waals surface area contributed by atoms with Crippen molar-refractivity contribution < 1.29 is 14.3 Å². The van der Waals surface area contributed by atoms with Crippen LogP contribution in [0.25, 0.3) is 0 Å². The summed E-state index contributed by atoms with van der Waals surface area (Å²) in [5.74, 6) is 1.38. The zero-order chi connectivity index (χ0) is 15.1. The fraction of sp³-hybridized carbons (Fsp3) is 0.400. The van der Waals surface area contributed by atoms with Gasteiger partial charge in [-0.05, 0) is 18.6 Å². The van der Waals surface area contributed by atoms with Crippen molar-refractivity contribution in [1.29, 1.82) is 0 Å². The van der Waals surface area contributed by atoms with E-state index in [0.29, 0.717) is 30.6 Å². The molecular weight excluding hydrogens is 292 g/mol. The molecular formula is C15H19ClN2O3. The predicted octanol–water partition coefficient (Wildman–Crippen LogP) is 2.30. The zero-order valence-electron chi connectivity index (χ0n) is 11.9. The summed E-state index contributed by atoms with van der Waals surface area (Å²) in [5.41, 5.74) is 0.912. The number of hydrogen-bond donors (Lipinski definition) is 2. The number of oxazole rings is 1. The lowest BCUT2D eigenvalue weighted by Gasteiger charge is -2.12. The van der Waals surface area contributed by atoms with Crippen LogP contribution in [-0.4, -0.2) is 29.3 Å². The number of aryl methyl sites for hydroxylation is 1. The molecule has 0 amide bonds. The number of nitrogens with zero attached hydrogens (tertiary/aromatic N) is 1. The van der Waals surface area contributed by atoms with E-state index in [9.17, 15) is 5.11 Å². The number of halogens is 1. The summed E-state index contributed by atoms with van der Waals surface area (Å²) >= 11 is 6.02. The highest BCUT2D eigenvalue weighted by Gasteiger charge is 2.07. The van der Waals surface area contributed by atoms with E-state index < -0.39 is 6.10 Å². The third-order valence-corrected chi connectivity index (χ3v) is 3.22. The Bertz CT molecular complexity index is 559. The summed E-state index contributed by atoms with van der Waals surface area (Å²) < 4.78 is 10.8. The molecule has 2 rings (SSSR count). The first-order valence-electron chi connectivity index (χ1n) is 6.76. The Labute approximate surface area is 128 Å². The van der Waals surface area contributed by atoms with Gasteiger partial charge in [0.15, 0.2) is 0 Å². The van der Waals surface area contributed by atoms with E-state index in [-0.39, 0.29) is 6.61 Å². The van der Waals surface area contributed by atoms with Crippen LogP contribution in [0.5, 0.6) is 0 Å². The first-order valence-corrected chi connectivity index (χ1v) is 7.14. The SMILES string of the molecule is Cc1cnc(CNCC(O)COCc2ccccc2Cl)o1. The van der Waals surface area contributed by atoms with Crippen molar-refractivity contribution in [3.63, 3.8) is 0 Å². The average Bonchev–Trinajstić information content (AvgIpc) is 2.87. The predicted molar refractivity (Wildman–Crippen MR) is 80.1 cm³/mol. The maximum absolute atomic E-state index is 9.81. The van der Waals surface area contributed by atoms with Crippen molar-refractivity contribution in [3.8, 4) is 0 Å². The number of aliphatic hydroxyl groups excluding tert-OH is 1. The van der Waals surface area contributed by atoms with E-state index in [4.69, 9.17) is 20.8 Å². The average molecular weight is 311 g/mol. The van der Waals surface area contributed by atoms with Crippen LogP contribution in [0.3, 0.4) is 0 Å². The molecule has 1 unspecified atom stereocenters. The first kappa shape index (κ1) is 16.0. The van der Waals surface area contributed by atoms with Crippen molar-refractivity contribution in [2.45, 2.75) is 26.2 Å². The van der Waals surface area contributed by atoms with Gasteiger partial charge in [0.05, 0.1) is 32.1 Å². The molecule has 0 fully saturated rings. The fourth-order valence-corrected chi connectivity index (χ4v) is 2.00. The van der Waals surface area contributed by atoms with E-state index in [2.05, 4.69) is 10.3 Å². The van der Waals surface area contributed by atoms with Crippen LogP contribution in [0.2, 0.25) is 5.02 Å². The number of aliphatic hydroxyl groups is 1. The van der Waals surface area contributed by atoms with Crippen LogP contribution in [0, 0.1) is 6.92 Å². The lowest BCUT2D eigenvalue weighted by Crippen LogP contribution is -2.30. The fourth-order valence-electron chi connectivity index (χ4n) is 1.81. The number of ether oxygens (including phenoxy) is 1. The molecule has 5 nitrogen and oxygen atoms in total. The molecule has 21 heavy (non-hydrogen) atoms. The lowest BCUT2D eigenvalue weighted by molar-refractivity contribution is 0.0285. The number of aromatic nitrogens is 1. The van der Waals surface area contributed by atoms with E-state index in [1.165, 1.54) is 0 Å². The van der Waals surface area contributed by atoms with E-state index in [0.717, 1.165) is 11.3 Å². The van der Waals surface area contributed by atoms with Crippen molar-refractivity contribution >= 4 is 11.6 Å². The van der Waals surface area contributed by atoms with Crippen LogP contribution in [0.4, 0.5) is 0 Å². The summed E-state index contributed by atoms with van der Waals surface area (Å²) in [4.78, 5) is 4.07. The Hall–Kier alpha value is -1.40. The van der Waals surface area contributed by atoms with E-state index >= 15 is 0 Å². The molecule has 0 aliphatic carbocycles. The van der Waals surface area contributed by atoms with Crippen molar-refractivity contribution in [2.24, 2.45) is 0 Å². The summed E-state index contributed by atoms with van der Waals surface area (Å²) in [6, 6.07) is 7.49. The van der Waals surface area contributed by atoms with Gasteiger partial charge in [-0.3, -0.25) is 0 Å². The maximum Gasteiger partial charge on any atom is 0.208 e. The Morgan fingerprint density at radius 1 is 1.43 bits per heavy atom. The van der Waals surface area contributed by atoms with Crippen LogP contribution in [0.15, 0.2) is 34.9 Å². The third kappa shape index (κ3) is 5.47. The van der Waals surface area contributed by atoms with Gasteiger partial charge in [0, 0.05) is 11.6 Å². The number of hydrogen-bond acceptors (Lipinski definition) is 5. The molecule has 0 saturated carbocycles. The van der Waals surface area contributed by atoms with Crippen molar-refractivity contribution in [3.05, 3.63) is 52.7 Å². The van der Waals surface area contributed by atoms with Gasteiger partial charge in [-0.25, -0.2) is 4.98 Å². The monoisotopic (exact) mass is 310 g/mol. The topological polar surface area (TPSA) is 67.5 Å². The van der Waals surface area contributed by atoms with Gasteiger partial charge in [0.25, 0.3) is 0 Å². The minimum atomic E-state index is -0.594. The standard InChI is InChI=1S/C15H19ClN2O3/c1-11-6-18-15(21-11)8-17-7-13(19)10-20-9-12-4-2-3-5-14(12)16/h2-6,13,17,19H,7-10H2,1H3.